The highest BCUT2D eigenvalue weighted by atomic mass is 127. The van der Waals surface area contributed by atoms with E-state index in [1.165, 1.54) is 0 Å². The number of hydrogen-bond donors (Lipinski definition) is 3. The standard InChI is InChI=1S/C18H33N3O2.HI/c1-3-5-11-19-18(20-12-9-17-8-6-14-23-17)21-15-16(7-4-2)10-13-22;/h6,8,14,16,22H,3-5,7,9-13,15H2,1-2H3,(H2,19,20,21);1H. The molecule has 1 heterocycles. The van der Waals surface area contributed by atoms with E-state index in [4.69, 9.17) is 14.5 Å². The van der Waals surface area contributed by atoms with Crippen molar-refractivity contribution in [3.05, 3.63) is 24.2 Å². The van der Waals surface area contributed by atoms with E-state index in [1.54, 1.807) is 6.26 Å². The Morgan fingerprint density at radius 2 is 2.00 bits per heavy atom. The van der Waals surface area contributed by atoms with Crippen molar-refractivity contribution in [3.8, 4) is 0 Å². The van der Waals surface area contributed by atoms with Crippen LogP contribution in [0.1, 0.15) is 51.7 Å². The first-order valence-electron chi connectivity index (χ1n) is 8.95. The van der Waals surface area contributed by atoms with Gasteiger partial charge in [-0.05, 0) is 37.3 Å². The smallest absolute Gasteiger partial charge is 0.191 e. The number of unbranched alkanes of at least 4 members (excludes halogenated alkanes) is 1. The Balaban J connectivity index is 0.00000529. The molecule has 24 heavy (non-hydrogen) atoms. The van der Waals surface area contributed by atoms with Gasteiger partial charge in [-0.1, -0.05) is 26.7 Å². The zero-order chi connectivity index (χ0) is 16.8. The Bertz CT molecular complexity index is 404. The number of guanidine groups is 1. The SMILES string of the molecule is CCCCNC(=NCC(CCC)CCO)NCCc1ccco1.I. The van der Waals surface area contributed by atoms with Crippen molar-refractivity contribution in [3.63, 3.8) is 0 Å². The lowest BCUT2D eigenvalue weighted by Gasteiger charge is -2.15. The summed E-state index contributed by atoms with van der Waals surface area (Å²) in [6.45, 7) is 7.09. The quantitative estimate of drug-likeness (QED) is 0.197. The van der Waals surface area contributed by atoms with E-state index in [0.717, 1.165) is 69.9 Å². The van der Waals surface area contributed by atoms with Crippen LogP contribution in [0.4, 0.5) is 0 Å². The average Bonchev–Trinajstić information content (AvgIpc) is 3.06. The van der Waals surface area contributed by atoms with E-state index in [1.807, 2.05) is 12.1 Å². The van der Waals surface area contributed by atoms with Crippen molar-refractivity contribution in [2.24, 2.45) is 10.9 Å². The maximum absolute atomic E-state index is 9.16. The number of rotatable bonds is 12. The lowest BCUT2D eigenvalue weighted by molar-refractivity contribution is 0.253. The maximum atomic E-state index is 9.16. The minimum atomic E-state index is 0. The van der Waals surface area contributed by atoms with Crippen molar-refractivity contribution in [2.45, 2.75) is 52.4 Å². The van der Waals surface area contributed by atoms with Crippen molar-refractivity contribution in [1.29, 1.82) is 0 Å². The third kappa shape index (κ3) is 10.9. The lowest BCUT2D eigenvalue weighted by Crippen LogP contribution is -2.39. The number of aliphatic imine (C=N–C) groups is 1. The predicted molar refractivity (Wildman–Crippen MR) is 111 cm³/mol. The topological polar surface area (TPSA) is 69.8 Å². The Hall–Kier alpha value is -0.760. The summed E-state index contributed by atoms with van der Waals surface area (Å²) in [6, 6.07) is 3.90. The summed E-state index contributed by atoms with van der Waals surface area (Å²) in [6.07, 6.45) is 7.91. The third-order valence-electron chi connectivity index (χ3n) is 3.81. The molecule has 0 aliphatic rings. The van der Waals surface area contributed by atoms with E-state index < -0.39 is 0 Å². The van der Waals surface area contributed by atoms with E-state index in [2.05, 4.69) is 24.5 Å². The number of nitrogens with one attached hydrogen (secondary N) is 2. The molecule has 0 amide bonds. The van der Waals surface area contributed by atoms with Crippen LogP contribution in [-0.4, -0.2) is 37.3 Å². The van der Waals surface area contributed by atoms with E-state index in [-0.39, 0.29) is 30.6 Å². The van der Waals surface area contributed by atoms with Crippen molar-refractivity contribution in [1.82, 2.24) is 10.6 Å². The van der Waals surface area contributed by atoms with Crippen LogP contribution in [0.3, 0.4) is 0 Å². The Kier molecular flexibility index (Phi) is 15.3. The van der Waals surface area contributed by atoms with Gasteiger partial charge in [0.15, 0.2) is 5.96 Å². The second kappa shape index (κ2) is 15.7. The number of aliphatic hydroxyl groups is 1. The lowest BCUT2D eigenvalue weighted by atomic mass is 10.0. The highest BCUT2D eigenvalue weighted by molar-refractivity contribution is 14.0. The molecule has 0 radical (unpaired) electrons. The molecule has 3 N–H and O–H groups in total. The van der Waals surface area contributed by atoms with Gasteiger partial charge in [-0.3, -0.25) is 4.99 Å². The molecular weight excluding hydrogens is 417 g/mol. The molecule has 0 bridgehead atoms. The van der Waals surface area contributed by atoms with Gasteiger partial charge in [0.25, 0.3) is 0 Å². The number of hydrogen-bond acceptors (Lipinski definition) is 3. The highest BCUT2D eigenvalue weighted by Crippen LogP contribution is 2.11. The monoisotopic (exact) mass is 451 g/mol. The second-order valence-electron chi connectivity index (χ2n) is 5.89. The van der Waals surface area contributed by atoms with Gasteiger partial charge < -0.3 is 20.2 Å². The Morgan fingerprint density at radius 3 is 2.62 bits per heavy atom. The molecule has 0 aromatic carbocycles. The van der Waals surface area contributed by atoms with Crippen LogP contribution in [0.15, 0.2) is 27.8 Å². The molecule has 6 heteroatoms. The molecule has 0 aliphatic carbocycles. The molecular formula is C18H34IN3O2. The highest BCUT2D eigenvalue weighted by Gasteiger charge is 2.07. The van der Waals surface area contributed by atoms with Crippen LogP contribution in [-0.2, 0) is 6.42 Å². The van der Waals surface area contributed by atoms with Gasteiger partial charge in [0.2, 0.25) is 0 Å². The van der Waals surface area contributed by atoms with Crippen LogP contribution >= 0.6 is 24.0 Å². The zero-order valence-electron chi connectivity index (χ0n) is 15.1. The van der Waals surface area contributed by atoms with Crippen LogP contribution in [0.25, 0.3) is 0 Å². The molecule has 1 rings (SSSR count). The first-order valence-corrected chi connectivity index (χ1v) is 8.95. The largest absolute Gasteiger partial charge is 0.469 e. The van der Waals surface area contributed by atoms with Gasteiger partial charge in [-0.25, -0.2) is 0 Å². The van der Waals surface area contributed by atoms with Crippen molar-refractivity contribution >= 4 is 29.9 Å². The van der Waals surface area contributed by atoms with Crippen LogP contribution in [0.2, 0.25) is 0 Å². The molecule has 1 aromatic heterocycles. The van der Waals surface area contributed by atoms with E-state index in [0.29, 0.717) is 5.92 Å². The third-order valence-corrected chi connectivity index (χ3v) is 3.81. The summed E-state index contributed by atoms with van der Waals surface area (Å²) in [7, 11) is 0. The fourth-order valence-electron chi connectivity index (χ4n) is 2.45. The maximum Gasteiger partial charge on any atom is 0.191 e. The predicted octanol–water partition coefficient (Wildman–Crippen LogP) is 3.57. The molecule has 1 unspecified atom stereocenters. The molecule has 1 aromatic rings. The van der Waals surface area contributed by atoms with Gasteiger partial charge in [-0.2, -0.15) is 0 Å². The van der Waals surface area contributed by atoms with Crippen molar-refractivity contribution in [2.75, 3.05) is 26.2 Å². The first-order chi connectivity index (χ1) is 11.3. The van der Waals surface area contributed by atoms with E-state index in [9.17, 15) is 0 Å². The summed E-state index contributed by atoms with van der Waals surface area (Å²) in [5.41, 5.74) is 0. The van der Waals surface area contributed by atoms with Crippen molar-refractivity contribution < 1.29 is 9.52 Å². The van der Waals surface area contributed by atoms with Gasteiger partial charge in [0, 0.05) is 32.7 Å². The van der Waals surface area contributed by atoms with E-state index >= 15 is 0 Å². The molecule has 140 valence electrons. The fraction of sp³-hybridized carbons (Fsp3) is 0.722. The Labute approximate surface area is 163 Å². The zero-order valence-corrected chi connectivity index (χ0v) is 17.4. The molecule has 0 aliphatic heterocycles. The van der Waals surface area contributed by atoms with Gasteiger partial charge in [-0.15, -0.1) is 24.0 Å². The summed E-state index contributed by atoms with van der Waals surface area (Å²) in [5, 5.41) is 15.9. The Morgan fingerprint density at radius 1 is 1.21 bits per heavy atom. The first kappa shape index (κ1) is 23.2. The molecule has 0 fully saturated rings. The van der Waals surface area contributed by atoms with Gasteiger partial charge in [0.05, 0.1) is 6.26 Å². The second-order valence-corrected chi connectivity index (χ2v) is 5.89. The summed E-state index contributed by atoms with van der Waals surface area (Å²) < 4.78 is 5.35. The molecule has 0 saturated heterocycles. The average molecular weight is 451 g/mol. The minimum absolute atomic E-state index is 0. The van der Waals surface area contributed by atoms with Gasteiger partial charge in [0.1, 0.15) is 5.76 Å². The number of aliphatic hydroxyl groups excluding tert-OH is 1. The summed E-state index contributed by atoms with van der Waals surface area (Å²) >= 11 is 0. The number of halogens is 1. The van der Waals surface area contributed by atoms with Crippen LogP contribution < -0.4 is 10.6 Å². The molecule has 1 atom stereocenters. The van der Waals surface area contributed by atoms with Crippen LogP contribution in [0.5, 0.6) is 0 Å². The van der Waals surface area contributed by atoms with Crippen LogP contribution in [0, 0.1) is 5.92 Å². The molecule has 0 saturated carbocycles. The number of nitrogens with zero attached hydrogens (tertiary/aromatic N) is 1. The summed E-state index contributed by atoms with van der Waals surface area (Å²) in [5.74, 6) is 2.30. The molecule has 5 nitrogen and oxygen atoms in total. The minimum Gasteiger partial charge on any atom is -0.469 e. The fourth-order valence-corrected chi connectivity index (χ4v) is 2.45. The van der Waals surface area contributed by atoms with Gasteiger partial charge >= 0.3 is 0 Å². The number of furan rings is 1. The summed E-state index contributed by atoms with van der Waals surface area (Å²) in [4.78, 5) is 4.70. The molecule has 0 spiro atoms. The normalized spacial score (nSPS) is 12.5.